The third-order valence-electron chi connectivity index (χ3n) is 6.10. The first-order valence-electron chi connectivity index (χ1n) is 11.0. The SMILES string of the molecule is CC1(OC(=O)[C@@H](N)Cc2ccc3ccccc3c2)CCCCN1S(=O)(=O)c1cc(Cl)cc(Cl)c1. The summed E-state index contributed by atoms with van der Waals surface area (Å²) >= 11 is 12.1. The molecule has 34 heavy (non-hydrogen) atoms. The molecule has 0 aliphatic carbocycles. The van der Waals surface area contributed by atoms with E-state index in [-0.39, 0.29) is 27.9 Å². The van der Waals surface area contributed by atoms with Crippen molar-refractivity contribution in [3.8, 4) is 0 Å². The normalized spacial score (nSPS) is 20.2. The van der Waals surface area contributed by atoms with Crippen LogP contribution in [0.1, 0.15) is 31.7 Å². The average molecular weight is 521 g/mol. The van der Waals surface area contributed by atoms with Crippen LogP contribution >= 0.6 is 23.2 Å². The number of carbonyl (C=O) groups is 1. The molecule has 180 valence electrons. The zero-order valence-corrected chi connectivity index (χ0v) is 21.0. The van der Waals surface area contributed by atoms with Gasteiger partial charge in [-0.3, -0.25) is 4.79 Å². The Morgan fingerprint density at radius 1 is 1.06 bits per heavy atom. The van der Waals surface area contributed by atoms with Crippen molar-refractivity contribution < 1.29 is 17.9 Å². The summed E-state index contributed by atoms with van der Waals surface area (Å²) in [5.74, 6) is -0.651. The molecule has 0 bridgehead atoms. The van der Waals surface area contributed by atoms with Gasteiger partial charge in [-0.1, -0.05) is 65.7 Å². The lowest BCUT2D eigenvalue weighted by Crippen LogP contribution is -2.56. The summed E-state index contributed by atoms with van der Waals surface area (Å²) in [6.07, 6.45) is 1.99. The van der Waals surface area contributed by atoms with Gasteiger partial charge in [0.2, 0.25) is 10.0 Å². The van der Waals surface area contributed by atoms with Gasteiger partial charge in [0.1, 0.15) is 6.04 Å². The van der Waals surface area contributed by atoms with Crippen LogP contribution in [0.2, 0.25) is 10.0 Å². The molecule has 1 fully saturated rings. The highest BCUT2D eigenvalue weighted by molar-refractivity contribution is 7.89. The Labute approximate surface area is 209 Å². The highest BCUT2D eigenvalue weighted by Crippen LogP contribution is 2.36. The molecule has 6 nitrogen and oxygen atoms in total. The molecule has 0 saturated carbocycles. The standard InChI is InChI=1S/C25H26Cl2N2O4S/c1-25(10-4-5-11-29(25)34(31,32)22-15-20(26)14-21(27)16-22)33-24(30)23(28)13-17-8-9-18-6-2-3-7-19(18)12-17/h2-3,6-9,12,14-16,23H,4-5,10-11,13,28H2,1H3/t23-,25?/m0/s1. The highest BCUT2D eigenvalue weighted by atomic mass is 35.5. The quantitative estimate of drug-likeness (QED) is 0.453. The Morgan fingerprint density at radius 3 is 2.44 bits per heavy atom. The molecule has 2 atom stereocenters. The van der Waals surface area contributed by atoms with Gasteiger partial charge in [0.05, 0.1) is 4.90 Å². The molecule has 1 aliphatic heterocycles. The number of carbonyl (C=O) groups excluding carboxylic acids is 1. The minimum Gasteiger partial charge on any atom is -0.442 e. The fourth-order valence-corrected chi connectivity index (χ4v) is 6.81. The molecule has 2 N–H and O–H groups in total. The van der Waals surface area contributed by atoms with Crippen molar-refractivity contribution in [2.75, 3.05) is 6.54 Å². The van der Waals surface area contributed by atoms with Crippen molar-refractivity contribution in [1.82, 2.24) is 4.31 Å². The molecule has 3 aromatic carbocycles. The molecule has 0 spiro atoms. The van der Waals surface area contributed by atoms with Crippen molar-refractivity contribution in [1.29, 1.82) is 0 Å². The van der Waals surface area contributed by atoms with Crippen LogP contribution in [0, 0.1) is 0 Å². The summed E-state index contributed by atoms with van der Waals surface area (Å²) in [6, 6.07) is 17.0. The van der Waals surface area contributed by atoms with Crippen LogP contribution in [-0.4, -0.2) is 37.0 Å². The van der Waals surface area contributed by atoms with Gasteiger partial charge >= 0.3 is 5.97 Å². The molecule has 0 aromatic heterocycles. The molecular weight excluding hydrogens is 495 g/mol. The number of halogens is 2. The number of nitrogens with zero attached hydrogens (tertiary/aromatic N) is 1. The maximum atomic E-state index is 13.5. The molecule has 9 heteroatoms. The van der Waals surface area contributed by atoms with E-state index < -0.39 is 27.8 Å². The lowest BCUT2D eigenvalue weighted by atomic mass is 10.0. The number of rotatable bonds is 6. The van der Waals surface area contributed by atoms with E-state index in [4.69, 9.17) is 33.7 Å². The third-order valence-corrected chi connectivity index (χ3v) is 8.51. The second-order valence-electron chi connectivity index (χ2n) is 8.73. The van der Waals surface area contributed by atoms with Crippen LogP contribution in [0.15, 0.2) is 65.6 Å². The van der Waals surface area contributed by atoms with Crippen molar-refractivity contribution >= 4 is 50.0 Å². The second-order valence-corrected chi connectivity index (χ2v) is 11.5. The number of hydrogen-bond acceptors (Lipinski definition) is 5. The largest absolute Gasteiger partial charge is 0.442 e. The number of hydrogen-bond donors (Lipinski definition) is 1. The zero-order chi connectivity index (χ0) is 24.5. The third kappa shape index (κ3) is 5.24. The van der Waals surface area contributed by atoms with Crippen LogP contribution in [-0.2, 0) is 26.0 Å². The van der Waals surface area contributed by atoms with E-state index in [1.807, 2.05) is 42.5 Å². The van der Waals surface area contributed by atoms with E-state index in [2.05, 4.69) is 0 Å². The van der Waals surface area contributed by atoms with Gasteiger partial charge < -0.3 is 10.5 Å². The Balaban J connectivity index is 1.54. The van der Waals surface area contributed by atoms with Crippen LogP contribution < -0.4 is 5.73 Å². The molecule has 1 unspecified atom stereocenters. The molecule has 1 saturated heterocycles. The minimum absolute atomic E-state index is 0.0466. The first kappa shape index (κ1) is 24.9. The lowest BCUT2D eigenvalue weighted by Gasteiger charge is -2.43. The highest BCUT2D eigenvalue weighted by Gasteiger charge is 2.46. The molecule has 1 heterocycles. The van der Waals surface area contributed by atoms with E-state index in [1.165, 1.54) is 22.5 Å². The average Bonchev–Trinajstić information content (AvgIpc) is 2.78. The van der Waals surface area contributed by atoms with Gasteiger partial charge in [-0.25, -0.2) is 8.42 Å². The summed E-state index contributed by atoms with van der Waals surface area (Å²) in [5.41, 5.74) is 5.72. The molecule has 4 rings (SSSR count). The van der Waals surface area contributed by atoms with E-state index in [0.29, 0.717) is 19.3 Å². The Morgan fingerprint density at radius 2 is 1.74 bits per heavy atom. The number of piperidine rings is 1. The van der Waals surface area contributed by atoms with Gasteiger partial charge in [-0.05, 0) is 60.7 Å². The first-order chi connectivity index (χ1) is 16.1. The molecule has 0 radical (unpaired) electrons. The fourth-order valence-electron chi connectivity index (χ4n) is 4.35. The molecule has 1 aliphatic rings. The second kappa shape index (κ2) is 9.84. The van der Waals surface area contributed by atoms with Crippen LogP contribution in [0.4, 0.5) is 0 Å². The van der Waals surface area contributed by atoms with Gasteiger partial charge in [0.25, 0.3) is 0 Å². The maximum absolute atomic E-state index is 13.5. The molecular formula is C25H26Cl2N2O4S. The Bertz CT molecular complexity index is 1310. The zero-order valence-electron chi connectivity index (χ0n) is 18.7. The van der Waals surface area contributed by atoms with Crippen LogP contribution in [0.3, 0.4) is 0 Å². The van der Waals surface area contributed by atoms with Gasteiger partial charge in [0, 0.05) is 23.0 Å². The van der Waals surface area contributed by atoms with Crippen molar-refractivity contribution in [2.45, 2.75) is 49.3 Å². The first-order valence-corrected chi connectivity index (χ1v) is 13.2. The fraction of sp³-hybridized carbons (Fsp3) is 0.320. The number of fused-ring (bicyclic) bond motifs is 1. The van der Waals surface area contributed by atoms with Gasteiger partial charge in [-0.15, -0.1) is 0 Å². The van der Waals surface area contributed by atoms with Crippen molar-refractivity contribution in [3.05, 3.63) is 76.3 Å². The van der Waals surface area contributed by atoms with E-state index in [1.54, 1.807) is 6.92 Å². The summed E-state index contributed by atoms with van der Waals surface area (Å²) < 4.78 is 33.9. The van der Waals surface area contributed by atoms with Gasteiger partial charge in [0.15, 0.2) is 5.72 Å². The number of sulfonamides is 1. The van der Waals surface area contributed by atoms with E-state index >= 15 is 0 Å². The van der Waals surface area contributed by atoms with Crippen LogP contribution in [0.25, 0.3) is 10.8 Å². The van der Waals surface area contributed by atoms with Crippen LogP contribution in [0.5, 0.6) is 0 Å². The minimum atomic E-state index is -4.02. The predicted octanol–water partition coefficient (Wildman–Crippen LogP) is 5.15. The molecule has 0 amide bonds. The van der Waals surface area contributed by atoms with E-state index in [9.17, 15) is 13.2 Å². The molecule has 3 aromatic rings. The summed E-state index contributed by atoms with van der Waals surface area (Å²) in [5, 5.41) is 2.56. The Hall–Kier alpha value is -2.16. The summed E-state index contributed by atoms with van der Waals surface area (Å²) in [6.45, 7) is 1.81. The number of benzene rings is 3. The monoisotopic (exact) mass is 520 g/mol. The topological polar surface area (TPSA) is 89.7 Å². The number of nitrogens with two attached hydrogens (primary N) is 1. The maximum Gasteiger partial charge on any atom is 0.325 e. The smallest absolute Gasteiger partial charge is 0.325 e. The van der Waals surface area contributed by atoms with Gasteiger partial charge in [-0.2, -0.15) is 4.31 Å². The summed E-state index contributed by atoms with van der Waals surface area (Å²) in [7, 11) is -4.02. The Kier molecular flexibility index (Phi) is 7.22. The predicted molar refractivity (Wildman–Crippen MR) is 134 cm³/mol. The lowest BCUT2D eigenvalue weighted by molar-refractivity contribution is -0.177. The van der Waals surface area contributed by atoms with Crippen molar-refractivity contribution in [3.63, 3.8) is 0 Å². The van der Waals surface area contributed by atoms with E-state index in [0.717, 1.165) is 16.3 Å². The number of ether oxygens (including phenoxy) is 1. The van der Waals surface area contributed by atoms with Crippen molar-refractivity contribution in [2.24, 2.45) is 5.73 Å². The number of esters is 1. The summed E-state index contributed by atoms with van der Waals surface area (Å²) in [4.78, 5) is 12.9.